The fraction of sp³-hybridized carbons (Fsp3) is 0.385. The van der Waals surface area contributed by atoms with Gasteiger partial charge in [-0.2, -0.15) is 0 Å². The summed E-state index contributed by atoms with van der Waals surface area (Å²) in [7, 11) is 0. The molecule has 2 atom stereocenters. The number of hydrogen-bond donors (Lipinski definition) is 0. The third-order valence-electron chi connectivity index (χ3n) is 3.71. The van der Waals surface area contributed by atoms with E-state index in [0.717, 1.165) is 5.56 Å². The molecule has 2 aliphatic rings. The van der Waals surface area contributed by atoms with Gasteiger partial charge in [-0.1, -0.05) is 6.92 Å². The SMILES string of the molecule is CC12CCC(=O)C1=CC(=O)OC2c1ccoc1. The fourth-order valence-electron chi connectivity index (χ4n) is 2.74. The van der Waals surface area contributed by atoms with E-state index in [0.29, 0.717) is 18.4 Å². The molecule has 1 aliphatic heterocycles. The topological polar surface area (TPSA) is 56.5 Å². The van der Waals surface area contributed by atoms with E-state index >= 15 is 0 Å². The highest BCUT2D eigenvalue weighted by molar-refractivity contribution is 6.05. The lowest BCUT2D eigenvalue weighted by molar-refractivity contribution is -0.151. The standard InChI is InChI=1S/C13H12O4/c1-13-4-2-10(14)9(13)6-11(15)17-12(13)8-3-5-16-7-8/h3,5-7,12H,2,4H2,1H3. The van der Waals surface area contributed by atoms with Gasteiger partial charge in [-0.15, -0.1) is 0 Å². The lowest BCUT2D eigenvalue weighted by atomic mass is 9.75. The quantitative estimate of drug-likeness (QED) is 0.696. The Kier molecular flexibility index (Phi) is 2.02. The number of fused-ring (bicyclic) bond motifs is 1. The van der Waals surface area contributed by atoms with Crippen molar-refractivity contribution in [3.8, 4) is 0 Å². The summed E-state index contributed by atoms with van der Waals surface area (Å²) in [4.78, 5) is 23.3. The van der Waals surface area contributed by atoms with Crippen LogP contribution in [-0.2, 0) is 14.3 Å². The first-order valence-corrected chi connectivity index (χ1v) is 5.59. The van der Waals surface area contributed by atoms with Crippen molar-refractivity contribution in [1.82, 2.24) is 0 Å². The third-order valence-corrected chi connectivity index (χ3v) is 3.71. The van der Waals surface area contributed by atoms with E-state index in [1.54, 1.807) is 18.6 Å². The fourth-order valence-corrected chi connectivity index (χ4v) is 2.74. The molecule has 17 heavy (non-hydrogen) atoms. The number of Topliss-reactive ketones (excluding diaryl/α,β-unsaturated/α-hetero) is 1. The minimum Gasteiger partial charge on any atom is -0.472 e. The lowest BCUT2D eigenvalue weighted by Gasteiger charge is -2.36. The number of ether oxygens (including phenoxy) is 1. The van der Waals surface area contributed by atoms with Crippen LogP contribution in [-0.4, -0.2) is 11.8 Å². The molecule has 1 fully saturated rings. The first-order valence-electron chi connectivity index (χ1n) is 5.59. The van der Waals surface area contributed by atoms with Crippen molar-refractivity contribution in [2.24, 2.45) is 5.41 Å². The predicted molar refractivity (Wildman–Crippen MR) is 58.0 cm³/mol. The van der Waals surface area contributed by atoms with Crippen LogP contribution in [0.3, 0.4) is 0 Å². The Hall–Kier alpha value is -1.84. The molecule has 1 aromatic rings. The lowest BCUT2D eigenvalue weighted by Crippen LogP contribution is -2.33. The molecular weight excluding hydrogens is 220 g/mol. The van der Waals surface area contributed by atoms with Gasteiger partial charge < -0.3 is 9.15 Å². The van der Waals surface area contributed by atoms with E-state index < -0.39 is 17.5 Å². The molecule has 0 aromatic carbocycles. The monoisotopic (exact) mass is 232 g/mol. The highest BCUT2D eigenvalue weighted by Gasteiger charge is 2.50. The van der Waals surface area contributed by atoms with Crippen LogP contribution >= 0.6 is 0 Å². The summed E-state index contributed by atoms with van der Waals surface area (Å²) in [6, 6.07) is 1.77. The van der Waals surface area contributed by atoms with E-state index in [-0.39, 0.29) is 5.78 Å². The van der Waals surface area contributed by atoms with Crippen LogP contribution in [0.1, 0.15) is 31.4 Å². The molecular formula is C13H12O4. The molecule has 88 valence electrons. The van der Waals surface area contributed by atoms with Crippen molar-refractivity contribution >= 4 is 11.8 Å². The highest BCUT2D eigenvalue weighted by atomic mass is 16.5. The minimum absolute atomic E-state index is 0.0534. The molecule has 0 radical (unpaired) electrons. The number of cyclic esters (lactones) is 1. The second-order valence-electron chi connectivity index (χ2n) is 4.77. The largest absolute Gasteiger partial charge is 0.472 e. The van der Waals surface area contributed by atoms with Gasteiger partial charge in [-0.3, -0.25) is 4.79 Å². The number of carbonyl (C=O) groups is 2. The van der Waals surface area contributed by atoms with E-state index in [9.17, 15) is 9.59 Å². The average molecular weight is 232 g/mol. The first-order chi connectivity index (χ1) is 8.11. The maximum absolute atomic E-state index is 11.8. The summed E-state index contributed by atoms with van der Waals surface area (Å²) < 4.78 is 10.4. The van der Waals surface area contributed by atoms with E-state index in [2.05, 4.69) is 0 Å². The van der Waals surface area contributed by atoms with Crippen molar-refractivity contribution in [2.45, 2.75) is 25.9 Å². The molecule has 1 aromatic heterocycles. The van der Waals surface area contributed by atoms with Gasteiger partial charge >= 0.3 is 5.97 Å². The maximum Gasteiger partial charge on any atom is 0.331 e. The van der Waals surface area contributed by atoms with Crippen molar-refractivity contribution in [2.75, 3.05) is 0 Å². The van der Waals surface area contributed by atoms with Gasteiger partial charge in [-0.05, 0) is 12.5 Å². The average Bonchev–Trinajstić information content (AvgIpc) is 2.90. The van der Waals surface area contributed by atoms with Crippen molar-refractivity contribution < 1.29 is 18.7 Å². The summed E-state index contributed by atoms with van der Waals surface area (Å²) in [5.41, 5.74) is 0.996. The van der Waals surface area contributed by atoms with Crippen LogP contribution in [0, 0.1) is 5.41 Å². The van der Waals surface area contributed by atoms with Crippen molar-refractivity contribution in [3.05, 3.63) is 35.8 Å². The molecule has 4 nitrogen and oxygen atoms in total. The number of ketones is 1. The molecule has 0 spiro atoms. The zero-order chi connectivity index (χ0) is 12.0. The highest BCUT2D eigenvalue weighted by Crippen LogP contribution is 2.53. The number of esters is 1. The Bertz CT molecular complexity index is 512. The molecule has 0 N–H and O–H groups in total. The Morgan fingerprint density at radius 3 is 2.94 bits per heavy atom. The molecule has 1 saturated carbocycles. The van der Waals surface area contributed by atoms with Gasteiger partial charge in [0.05, 0.1) is 12.5 Å². The third kappa shape index (κ3) is 1.37. The van der Waals surface area contributed by atoms with Gasteiger partial charge in [0.2, 0.25) is 0 Å². The Morgan fingerprint density at radius 2 is 2.24 bits per heavy atom. The molecule has 2 unspecified atom stereocenters. The second-order valence-corrected chi connectivity index (χ2v) is 4.77. The molecule has 0 saturated heterocycles. The number of furan rings is 1. The van der Waals surface area contributed by atoms with E-state index in [1.165, 1.54) is 6.08 Å². The number of hydrogen-bond acceptors (Lipinski definition) is 4. The zero-order valence-electron chi connectivity index (χ0n) is 9.43. The molecule has 2 heterocycles. The summed E-state index contributed by atoms with van der Waals surface area (Å²) >= 11 is 0. The number of carbonyl (C=O) groups excluding carboxylic acids is 2. The van der Waals surface area contributed by atoms with Crippen molar-refractivity contribution in [1.29, 1.82) is 0 Å². The smallest absolute Gasteiger partial charge is 0.331 e. The van der Waals surface area contributed by atoms with Crippen LogP contribution < -0.4 is 0 Å². The van der Waals surface area contributed by atoms with Gasteiger partial charge in [0.15, 0.2) is 5.78 Å². The van der Waals surface area contributed by atoms with Crippen LogP contribution in [0.5, 0.6) is 0 Å². The van der Waals surface area contributed by atoms with Crippen LogP contribution in [0.25, 0.3) is 0 Å². The summed E-state index contributed by atoms with van der Waals surface area (Å²) in [6.45, 7) is 1.97. The summed E-state index contributed by atoms with van der Waals surface area (Å²) in [5.74, 6) is -0.392. The molecule has 4 heteroatoms. The normalized spacial score (nSPS) is 32.1. The summed E-state index contributed by atoms with van der Waals surface area (Å²) in [6.07, 6.45) is 5.22. The van der Waals surface area contributed by atoms with Gasteiger partial charge in [0.1, 0.15) is 6.10 Å². The van der Waals surface area contributed by atoms with Gasteiger partial charge in [0, 0.05) is 29.0 Å². The van der Waals surface area contributed by atoms with Gasteiger partial charge in [-0.25, -0.2) is 4.79 Å². The first kappa shape index (κ1) is 10.3. The van der Waals surface area contributed by atoms with Crippen molar-refractivity contribution in [3.63, 3.8) is 0 Å². The number of rotatable bonds is 1. The predicted octanol–water partition coefficient (Wildman–Crippen LogP) is 2.17. The van der Waals surface area contributed by atoms with Crippen LogP contribution in [0.15, 0.2) is 34.7 Å². The van der Waals surface area contributed by atoms with Gasteiger partial charge in [0.25, 0.3) is 0 Å². The van der Waals surface area contributed by atoms with E-state index in [4.69, 9.17) is 9.15 Å². The second kappa shape index (κ2) is 3.32. The molecule has 0 bridgehead atoms. The molecule has 0 amide bonds. The molecule has 1 aliphatic carbocycles. The van der Waals surface area contributed by atoms with Crippen LogP contribution in [0.4, 0.5) is 0 Å². The maximum atomic E-state index is 11.8. The summed E-state index contributed by atoms with van der Waals surface area (Å²) in [5, 5.41) is 0. The Balaban J connectivity index is 2.10. The Morgan fingerprint density at radius 1 is 1.41 bits per heavy atom. The minimum atomic E-state index is -0.445. The zero-order valence-corrected chi connectivity index (χ0v) is 9.43. The van der Waals surface area contributed by atoms with E-state index in [1.807, 2.05) is 6.92 Å². The van der Waals surface area contributed by atoms with Crippen LogP contribution in [0.2, 0.25) is 0 Å². The Labute approximate surface area is 98.2 Å². The molecule has 3 rings (SSSR count).